The van der Waals surface area contributed by atoms with Crippen molar-refractivity contribution in [1.29, 1.82) is 0 Å². The fraction of sp³-hybridized carbons (Fsp3) is 0.467. The van der Waals surface area contributed by atoms with Crippen LogP contribution < -0.4 is 14.8 Å². The normalized spacial score (nSPS) is 19.9. The Morgan fingerprint density at radius 3 is 2.60 bits per heavy atom. The van der Waals surface area contributed by atoms with Crippen molar-refractivity contribution in [2.24, 2.45) is 5.41 Å². The molecule has 0 atom stereocenters. The molecule has 20 heavy (non-hydrogen) atoms. The summed E-state index contributed by atoms with van der Waals surface area (Å²) in [5.74, 6) is 1.20. The van der Waals surface area contributed by atoms with Gasteiger partial charge >= 0.3 is 0 Å². The minimum absolute atomic E-state index is 0.172. The lowest BCUT2D eigenvalue weighted by Crippen LogP contribution is -2.43. The van der Waals surface area contributed by atoms with Crippen LogP contribution in [0.5, 0.6) is 11.5 Å². The van der Waals surface area contributed by atoms with E-state index in [4.69, 9.17) is 9.47 Å². The first kappa shape index (κ1) is 13.0. The molecule has 106 valence electrons. The van der Waals surface area contributed by atoms with Crippen LogP contribution in [0.4, 0.5) is 0 Å². The lowest BCUT2D eigenvalue weighted by molar-refractivity contribution is -0.137. The Morgan fingerprint density at radius 1 is 1.15 bits per heavy atom. The van der Waals surface area contributed by atoms with Crippen molar-refractivity contribution in [3.63, 3.8) is 0 Å². The van der Waals surface area contributed by atoms with Gasteiger partial charge in [0.05, 0.1) is 0 Å². The monoisotopic (exact) mass is 275 g/mol. The second-order valence-corrected chi connectivity index (χ2v) is 5.82. The Bertz CT molecular complexity index is 551. The van der Waals surface area contributed by atoms with Crippen LogP contribution in [0, 0.1) is 5.41 Å². The summed E-state index contributed by atoms with van der Waals surface area (Å²) < 4.78 is 10.6. The highest BCUT2D eigenvalue weighted by molar-refractivity contribution is 5.98. The Morgan fingerprint density at radius 2 is 1.85 bits per heavy atom. The van der Waals surface area contributed by atoms with Crippen LogP contribution in [0.3, 0.4) is 0 Å². The number of amides is 2. The number of carbonyl (C=O) groups is 2. The molecular formula is C15H17NO4. The molecule has 1 aromatic rings. The van der Waals surface area contributed by atoms with Crippen LogP contribution in [-0.4, -0.2) is 18.6 Å². The highest BCUT2D eigenvalue weighted by Crippen LogP contribution is 2.36. The van der Waals surface area contributed by atoms with E-state index in [1.54, 1.807) is 0 Å². The standard InChI is InChI=1S/C15H17NO4/c1-15(7-13(17)16-14(18)8-15)5-4-10-2-3-11-12(6-10)20-9-19-11/h2-3,6H,4-5,7-9H2,1H3,(H,16,17,18). The third kappa shape index (κ3) is 2.61. The van der Waals surface area contributed by atoms with Crippen LogP contribution in [-0.2, 0) is 16.0 Å². The Balaban J connectivity index is 1.66. The minimum atomic E-state index is -0.254. The summed E-state index contributed by atoms with van der Waals surface area (Å²) in [4.78, 5) is 23.0. The van der Waals surface area contributed by atoms with Crippen LogP contribution in [0.2, 0.25) is 0 Å². The highest BCUT2D eigenvalue weighted by atomic mass is 16.7. The number of rotatable bonds is 3. The lowest BCUT2D eigenvalue weighted by atomic mass is 9.76. The summed E-state index contributed by atoms with van der Waals surface area (Å²) in [6, 6.07) is 5.87. The average molecular weight is 275 g/mol. The number of imide groups is 1. The predicted octanol–water partition coefficient (Wildman–Crippen LogP) is 1.79. The summed E-state index contributed by atoms with van der Waals surface area (Å²) in [6.07, 6.45) is 2.42. The van der Waals surface area contributed by atoms with E-state index >= 15 is 0 Å². The molecule has 0 spiro atoms. The molecule has 1 N–H and O–H groups in total. The van der Waals surface area contributed by atoms with Gasteiger partial charge in [-0.3, -0.25) is 14.9 Å². The van der Waals surface area contributed by atoms with Crippen molar-refractivity contribution in [2.45, 2.75) is 32.6 Å². The SMILES string of the molecule is CC1(CCc2ccc3c(c2)OCO3)CC(=O)NC(=O)C1. The fourth-order valence-corrected chi connectivity index (χ4v) is 2.80. The molecule has 2 aliphatic rings. The number of hydrogen-bond donors (Lipinski definition) is 1. The first-order valence-electron chi connectivity index (χ1n) is 6.75. The fourth-order valence-electron chi connectivity index (χ4n) is 2.80. The van der Waals surface area contributed by atoms with Gasteiger partial charge in [0.15, 0.2) is 11.5 Å². The summed E-state index contributed by atoms with van der Waals surface area (Å²) >= 11 is 0. The second kappa shape index (κ2) is 4.81. The third-order valence-electron chi connectivity index (χ3n) is 3.91. The molecule has 1 aromatic carbocycles. The maximum absolute atomic E-state index is 11.5. The number of ether oxygens (including phenoxy) is 2. The Kier molecular flexibility index (Phi) is 3.12. The van der Waals surface area contributed by atoms with Crippen LogP contribution >= 0.6 is 0 Å². The van der Waals surface area contributed by atoms with Gasteiger partial charge < -0.3 is 9.47 Å². The largest absolute Gasteiger partial charge is 0.454 e. The van der Waals surface area contributed by atoms with Crippen molar-refractivity contribution in [3.05, 3.63) is 23.8 Å². The highest BCUT2D eigenvalue weighted by Gasteiger charge is 2.35. The summed E-state index contributed by atoms with van der Waals surface area (Å²) in [6.45, 7) is 2.27. The van der Waals surface area contributed by atoms with Crippen molar-refractivity contribution in [2.75, 3.05) is 6.79 Å². The van der Waals surface area contributed by atoms with E-state index in [0.717, 1.165) is 29.9 Å². The van der Waals surface area contributed by atoms with Crippen molar-refractivity contribution in [3.8, 4) is 11.5 Å². The van der Waals surface area contributed by atoms with Crippen molar-refractivity contribution >= 4 is 11.8 Å². The first-order chi connectivity index (χ1) is 9.54. The predicted molar refractivity (Wildman–Crippen MR) is 71.4 cm³/mol. The van der Waals surface area contributed by atoms with Gasteiger partial charge in [-0.05, 0) is 36.0 Å². The quantitative estimate of drug-likeness (QED) is 0.854. The maximum Gasteiger partial charge on any atom is 0.231 e. The molecule has 2 heterocycles. The molecule has 0 saturated carbocycles. The molecule has 0 aromatic heterocycles. The van der Waals surface area contributed by atoms with Crippen molar-refractivity contribution in [1.82, 2.24) is 5.32 Å². The zero-order chi connectivity index (χ0) is 14.2. The molecule has 0 unspecified atom stereocenters. The van der Waals surface area contributed by atoms with Gasteiger partial charge in [0.2, 0.25) is 18.6 Å². The zero-order valence-corrected chi connectivity index (χ0v) is 11.4. The minimum Gasteiger partial charge on any atom is -0.454 e. The molecule has 0 aliphatic carbocycles. The smallest absolute Gasteiger partial charge is 0.231 e. The maximum atomic E-state index is 11.5. The molecule has 0 radical (unpaired) electrons. The number of nitrogens with one attached hydrogen (secondary N) is 1. The Hall–Kier alpha value is -2.04. The van der Waals surface area contributed by atoms with Crippen molar-refractivity contribution < 1.29 is 19.1 Å². The van der Waals surface area contributed by atoms with Crippen LogP contribution in [0.15, 0.2) is 18.2 Å². The second-order valence-electron chi connectivity index (χ2n) is 5.82. The summed E-state index contributed by atoms with van der Waals surface area (Å²) in [5, 5.41) is 2.35. The van der Waals surface area contributed by atoms with Gasteiger partial charge in [-0.15, -0.1) is 0 Å². The van der Waals surface area contributed by atoms with Gasteiger partial charge in [-0.2, -0.15) is 0 Å². The van der Waals surface area contributed by atoms with E-state index in [2.05, 4.69) is 5.32 Å². The molecule has 0 bridgehead atoms. The van der Waals surface area contributed by atoms with Gasteiger partial charge in [-0.1, -0.05) is 13.0 Å². The van der Waals surface area contributed by atoms with E-state index in [0.29, 0.717) is 12.8 Å². The van der Waals surface area contributed by atoms with Crippen LogP contribution in [0.25, 0.3) is 0 Å². The zero-order valence-electron chi connectivity index (χ0n) is 11.4. The molecule has 1 saturated heterocycles. The molecular weight excluding hydrogens is 258 g/mol. The summed E-state index contributed by atoms with van der Waals surface area (Å²) in [7, 11) is 0. The lowest BCUT2D eigenvalue weighted by Gasteiger charge is -2.32. The Labute approximate surface area is 117 Å². The van der Waals surface area contributed by atoms with E-state index in [1.807, 2.05) is 25.1 Å². The first-order valence-corrected chi connectivity index (χ1v) is 6.75. The average Bonchev–Trinajstić information content (AvgIpc) is 2.82. The van der Waals surface area contributed by atoms with E-state index < -0.39 is 0 Å². The number of aryl methyl sites for hydroxylation is 1. The molecule has 2 amide bonds. The van der Waals surface area contributed by atoms with Gasteiger partial charge in [0.1, 0.15) is 0 Å². The van der Waals surface area contributed by atoms with Gasteiger partial charge in [-0.25, -0.2) is 0 Å². The van der Waals surface area contributed by atoms with Gasteiger partial charge in [0.25, 0.3) is 0 Å². The number of piperidine rings is 1. The number of carbonyl (C=O) groups excluding carboxylic acids is 2. The van der Waals surface area contributed by atoms with E-state index in [-0.39, 0.29) is 24.0 Å². The molecule has 3 rings (SSSR count). The molecule has 2 aliphatic heterocycles. The summed E-state index contributed by atoms with van der Waals surface area (Å²) in [5.41, 5.74) is 0.879. The van der Waals surface area contributed by atoms with E-state index in [9.17, 15) is 9.59 Å². The number of hydrogen-bond acceptors (Lipinski definition) is 4. The third-order valence-corrected chi connectivity index (χ3v) is 3.91. The van der Waals surface area contributed by atoms with Gasteiger partial charge in [0, 0.05) is 12.8 Å². The van der Waals surface area contributed by atoms with E-state index in [1.165, 1.54) is 0 Å². The topological polar surface area (TPSA) is 64.6 Å². The molecule has 5 heteroatoms. The number of benzene rings is 1. The molecule has 1 fully saturated rings. The van der Waals surface area contributed by atoms with Crippen LogP contribution in [0.1, 0.15) is 31.7 Å². The molecule has 5 nitrogen and oxygen atoms in total. The number of fused-ring (bicyclic) bond motifs is 1.